The average Bonchev–Trinajstić information content (AvgIpc) is 3.32. The highest BCUT2D eigenvalue weighted by atomic mass is 19.3. The number of aromatic nitrogens is 2. The zero-order valence-corrected chi connectivity index (χ0v) is 17.9. The van der Waals surface area contributed by atoms with E-state index in [0.717, 1.165) is 77.1 Å². The number of morpholine rings is 1. The molecule has 2 saturated heterocycles. The van der Waals surface area contributed by atoms with Gasteiger partial charge in [0.25, 0.3) is 0 Å². The van der Waals surface area contributed by atoms with Crippen molar-refractivity contribution in [3.05, 3.63) is 35.5 Å². The maximum Gasteiger partial charge on any atom is 0.310 e. The van der Waals surface area contributed by atoms with Gasteiger partial charge < -0.3 is 14.4 Å². The summed E-state index contributed by atoms with van der Waals surface area (Å²) in [5, 5.41) is 4.74. The Hall–Kier alpha value is -2.23. The molecule has 0 bridgehead atoms. The van der Waals surface area contributed by atoms with Crippen molar-refractivity contribution < 1.29 is 18.3 Å². The van der Waals surface area contributed by atoms with E-state index in [0.29, 0.717) is 5.69 Å². The summed E-state index contributed by atoms with van der Waals surface area (Å²) in [6.07, 6.45) is 0. The Morgan fingerprint density at radius 1 is 0.968 bits per heavy atom. The van der Waals surface area contributed by atoms with Crippen LogP contribution in [0.3, 0.4) is 0 Å². The summed E-state index contributed by atoms with van der Waals surface area (Å²) in [7, 11) is 0. The van der Waals surface area contributed by atoms with Gasteiger partial charge in [-0.2, -0.15) is 13.9 Å². The van der Waals surface area contributed by atoms with Gasteiger partial charge in [0.2, 0.25) is 0 Å². The van der Waals surface area contributed by atoms with E-state index in [2.05, 4.69) is 14.7 Å². The molecular formula is C22H29F2N5O2. The van der Waals surface area contributed by atoms with E-state index < -0.39 is 12.5 Å². The van der Waals surface area contributed by atoms with Crippen molar-refractivity contribution in [3.8, 4) is 11.4 Å². The summed E-state index contributed by atoms with van der Waals surface area (Å²) in [5.74, 6) is -1.80. The van der Waals surface area contributed by atoms with Gasteiger partial charge in [-0.15, -0.1) is 0 Å². The van der Waals surface area contributed by atoms with Gasteiger partial charge in [-0.3, -0.25) is 9.80 Å². The molecule has 0 N–H and O–H groups in total. The number of hydrogen-bond donors (Lipinski definition) is 0. The molecule has 31 heavy (non-hydrogen) atoms. The molecule has 1 aromatic heterocycles. The maximum atomic E-state index is 14.1. The van der Waals surface area contributed by atoms with Crippen LogP contribution < -0.4 is 9.64 Å². The van der Waals surface area contributed by atoms with Crippen LogP contribution in [-0.2, 0) is 10.7 Å². The Labute approximate surface area is 181 Å². The molecule has 0 atom stereocenters. The van der Waals surface area contributed by atoms with Crippen molar-refractivity contribution >= 4 is 5.82 Å². The lowest BCUT2D eigenvalue weighted by Gasteiger charge is -2.36. The molecule has 0 radical (unpaired) electrons. The van der Waals surface area contributed by atoms with Crippen LogP contribution in [0.1, 0.15) is 11.3 Å². The van der Waals surface area contributed by atoms with Crippen LogP contribution in [0.2, 0.25) is 0 Å². The molecule has 0 saturated carbocycles. The molecule has 3 aliphatic rings. The number of fused-ring (bicyclic) bond motifs is 1. The minimum Gasteiger partial charge on any atom is -0.486 e. The summed E-state index contributed by atoms with van der Waals surface area (Å²) in [5.41, 5.74) is 1.50. The molecule has 3 aliphatic heterocycles. The number of alkyl halides is 2. The average molecular weight is 434 g/mol. The molecule has 2 fully saturated rings. The Bertz CT molecular complexity index is 921. The molecule has 5 rings (SSSR count). The van der Waals surface area contributed by atoms with E-state index in [9.17, 15) is 8.78 Å². The highest BCUT2D eigenvalue weighted by Crippen LogP contribution is 2.42. The first-order valence-corrected chi connectivity index (χ1v) is 11.0. The predicted octanol–water partition coefficient (Wildman–Crippen LogP) is 2.12. The topological polar surface area (TPSA) is 46.0 Å². The summed E-state index contributed by atoms with van der Waals surface area (Å²) >= 11 is 0. The quantitative estimate of drug-likeness (QED) is 0.720. The third-order valence-electron chi connectivity index (χ3n) is 6.42. The fourth-order valence-corrected chi connectivity index (χ4v) is 4.49. The summed E-state index contributed by atoms with van der Waals surface area (Å²) in [6.45, 7) is 11.1. The summed E-state index contributed by atoms with van der Waals surface area (Å²) < 4.78 is 40.4. The molecule has 9 heteroatoms. The zero-order valence-electron chi connectivity index (χ0n) is 17.9. The van der Waals surface area contributed by atoms with Gasteiger partial charge in [-0.05, 0) is 25.1 Å². The van der Waals surface area contributed by atoms with Gasteiger partial charge >= 0.3 is 5.92 Å². The largest absolute Gasteiger partial charge is 0.486 e. The zero-order chi connectivity index (χ0) is 21.4. The fourth-order valence-electron chi connectivity index (χ4n) is 4.49. The normalized spacial score (nSPS) is 21.8. The minimum atomic E-state index is -2.95. The first kappa shape index (κ1) is 20.7. The van der Waals surface area contributed by atoms with Crippen molar-refractivity contribution in [2.45, 2.75) is 12.8 Å². The number of benzene rings is 1. The number of hydrogen-bond acceptors (Lipinski definition) is 6. The highest BCUT2D eigenvalue weighted by molar-refractivity contribution is 5.50. The first-order valence-electron chi connectivity index (χ1n) is 11.0. The van der Waals surface area contributed by atoms with E-state index in [4.69, 9.17) is 14.6 Å². The Kier molecular flexibility index (Phi) is 5.58. The second-order valence-electron chi connectivity index (χ2n) is 8.51. The second-order valence-corrected chi connectivity index (χ2v) is 8.51. The monoisotopic (exact) mass is 433 g/mol. The third kappa shape index (κ3) is 4.26. The summed E-state index contributed by atoms with van der Waals surface area (Å²) in [6, 6.07) is 6.92. The van der Waals surface area contributed by atoms with Gasteiger partial charge in [0.05, 0.1) is 24.5 Å². The molecule has 0 aliphatic carbocycles. The van der Waals surface area contributed by atoms with Crippen LogP contribution >= 0.6 is 0 Å². The van der Waals surface area contributed by atoms with Crippen molar-refractivity contribution in [2.75, 3.05) is 77.1 Å². The van der Waals surface area contributed by atoms with Gasteiger partial charge in [0.1, 0.15) is 5.75 Å². The van der Waals surface area contributed by atoms with Crippen molar-refractivity contribution in [2.24, 2.45) is 0 Å². The predicted molar refractivity (Wildman–Crippen MR) is 114 cm³/mol. The van der Waals surface area contributed by atoms with E-state index in [1.54, 1.807) is 16.8 Å². The van der Waals surface area contributed by atoms with Crippen molar-refractivity contribution in [3.63, 3.8) is 0 Å². The van der Waals surface area contributed by atoms with Crippen LogP contribution in [0.4, 0.5) is 14.6 Å². The van der Waals surface area contributed by atoms with Crippen molar-refractivity contribution in [1.29, 1.82) is 0 Å². The minimum absolute atomic E-state index is 0.0599. The number of ether oxygens (including phenoxy) is 2. The smallest absolute Gasteiger partial charge is 0.310 e. The van der Waals surface area contributed by atoms with Crippen LogP contribution in [0.25, 0.3) is 5.69 Å². The lowest BCUT2D eigenvalue weighted by atomic mass is 10.1. The third-order valence-corrected chi connectivity index (χ3v) is 6.42. The number of aryl methyl sites for hydroxylation is 1. The van der Waals surface area contributed by atoms with E-state index in [1.165, 1.54) is 6.07 Å². The standard InChI is InChI=1S/C22H29F2N5O2/c1-17-14-21(25-29(17)18-2-3-20-19(15-18)22(23,24)16-31-20)28-8-6-26(7-9-28)4-5-27-10-12-30-13-11-27/h2-3,14-15H,4-13,16H2,1H3. The van der Waals surface area contributed by atoms with Crippen molar-refractivity contribution in [1.82, 2.24) is 19.6 Å². The molecule has 7 nitrogen and oxygen atoms in total. The molecule has 0 amide bonds. The molecule has 0 unspecified atom stereocenters. The van der Waals surface area contributed by atoms with E-state index in [-0.39, 0.29) is 11.3 Å². The molecule has 2 aromatic rings. The molecule has 4 heterocycles. The van der Waals surface area contributed by atoms with Crippen LogP contribution in [0.5, 0.6) is 5.75 Å². The molecular weight excluding hydrogens is 404 g/mol. The maximum absolute atomic E-state index is 14.1. The first-order chi connectivity index (χ1) is 15.0. The molecule has 1 aromatic carbocycles. The SMILES string of the molecule is Cc1cc(N2CCN(CCN3CCOCC3)CC2)nn1-c1ccc2c(c1)C(F)(F)CO2. The van der Waals surface area contributed by atoms with E-state index >= 15 is 0 Å². The number of rotatable bonds is 5. The fraction of sp³-hybridized carbons (Fsp3) is 0.591. The Balaban J connectivity index is 1.22. The Morgan fingerprint density at radius 3 is 2.42 bits per heavy atom. The highest BCUT2D eigenvalue weighted by Gasteiger charge is 2.41. The number of piperazine rings is 1. The lowest BCUT2D eigenvalue weighted by Crippen LogP contribution is -2.49. The second kappa shape index (κ2) is 8.37. The van der Waals surface area contributed by atoms with Crippen LogP contribution in [0.15, 0.2) is 24.3 Å². The van der Waals surface area contributed by atoms with Gasteiger partial charge in [-0.25, -0.2) is 4.68 Å². The lowest BCUT2D eigenvalue weighted by molar-refractivity contribution is -0.0213. The van der Waals surface area contributed by atoms with E-state index in [1.807, 2.05) is 13.0 Å². The number of nitrogens with zero attached hydrogens (tertiary/aromatic N) is 5. The Morgan fingerprint density at radius 2 is 1.68 bits per heavy atom. The number of anilines is 1. The number of halogens is 2. The van der Waals surface area contributed by atoms with Crippen LogP contribution in [0, 0.1) is 6.92 Å². The van der Waals surface area contributed by atoms with Gasteiger partial charge in [0, 0.05) is 64.1 Å². The summed E-state index contributed by atoms with van der Waals surface area (Å²) in [4.78, 5) is 7.24. The molecule has 168 valence electrons. The van der Waals surface area contributed by atoms with Gasteiger partial charge in [-0.1, -0.05) is 0 Å². The van der Waals surface area contributed by atoms with Gasteiger partial charge in [0.15, 0.2) is 12.4 Å². The molecule has 0 spiro atoms. The van der Waals surface area contributed by atoms with Crippen LogP contribution in [-0.4, -0.2) is 91.8 Å².